The van der Waals surface area contributed by atoms with Crippen LogP contribution in [0.15, 0.2) is 30.3 Å². The lowest BCUT2D eigenvalue weighted by molar-refractivity contribution is -0.117. The number of hydrogen-bond acceptors (Lipinski definition) is 3. The van der Waals surface area contributed by atoms with Gasteiger partial charge in [-0.05, 0) is 55.9 Å². The van der Waals surface area contributed by atoms with Gasteiger partial charge in [0.05, 0.1) is 13.2 Å². The van der Waals surface area contributed by atoms with Crippen LogP contribution in [-0.2, 0) is 4.79 Å². The molecule has 1 aliphatic carbocycles. The highest BCUT2D eigenvalue weighted by Crippen LogP contribution is 2.20. The van der Waals surface area contributed by atoms with Crippen LogP contribution in [0.4, 0.5) is 0 Å². The minimum atomic E-state index is -0.202. The highest BCUT2D eigenvalue weighted by molar-refractivity contribution is 5.95. The quantitative estimate of drug-likeness (QED) is 0.837. The van der Waals surface area contributed by atoms with Crippen LogP contribution in [0, 0.1) is 0 Å². The fourth-order valence-corrected chi connectivity index (χ4v) is 2.61. The van der Waals surface area contributed by atoms with Gasteiger partial charge in [0, 0.05) is 12.1 Å². The monoisotopic (exact) mass is 289 g/mol. The fraction of sp³-hybridized carbons (Fsp3) is 0.471. The summed E-state index contributed by atoms with van der Waals surface area (Å²) in [7, 11) is 1.63. The van der Waals surface area contributed by atoms with Gasteiger partial charge in [-0.25, -0.2) is 0 Å². The van der Waals surface area contributed by atoms with Crippen molar-refractivity contribution >= 4 is 11.5 Å². The Bertz CT molecular complexity index is 517. The Kier molecular flexibility index (Phi) is 5.39. The molecule has 0 unspecified atom stereocenters. The van der Waals surface area contributed by atoms with Crippen molar-refractivity contribution in [3.63, 3.8) is 0 Å². The Labute approximate surface area is 125 Å². The average molecular weight is 289 g/mol. The molecule has 1 fully saturated rings. The number of carbonyl (C=O) groups is 1. The zero-order valence-electron chi connectivity index (χ0n) is 12.6. The first-order chi connectivity index (χ1) is 10.1. The van der Waals surface area contributed by atoms with E-state index in [4.69, 9.17) is 4.74 Å². The van der Waals surface area contributed by atoms with Crippen molar-refractivity contribution in [2.75, 3.05) is 7.11 Å². The molecule has 0 saturated heterocycles. The highest BCUT2D eigenvalue weighted by Gasteiger charge is 2.20. The molecule has 1 aromatic carbocycles. The molecule has 0 atom stereocenters. The molecule has 1 aliphatic rings. The average Bonchev–Trinajstić information content (AvgIpc) is 2.49. The van der Waals surface area contributed by atoms with Gasteiger partial charge in [-0.2, -0.15) is 0 Å². The molecule has 1 saturated carbocycles. The van der Waals surface area contributed by atoms with Gasteiger partial charge >= 0.3 is 0 Å². The summed E-state index contributed by atoms with van der Waals surface area (Å²) in [6.07, 6.45) is 4.65. The van der Waals surface area contributed by atoms with E-state index in [1.807, 2.05) is 31.2 Å². The maximum absolute atomic E-state index is 12.0. The first-order valence-corrected chi connectivity index (χ1v) is 7.40. The molecule has 0 radical (unpaired) electrons. The summed E-state index contributed by atoms with van der Waals surface area (Å²) in [6.45, 7) is 1.92. The Morgan fingerprint density at radius 2 is 2.05 bits per heavy atom. The lowest BCUT2D eigenvalue weighted by atomic mass is 9.93. The number of hydrogen-bond donors (Lipinski definition) is 2. The van der Waals surface area contributed by atoms with E-state index < -0.39 is 0 Å². The third kappa shape index (κ3) is 4.60. The second kappa shape index (κ2) is 7.27. The second-order valence-corrected chi connectivity index (χ2v) is 5.57. The Balaban J connectivity index is 1.96. The topological polar surface area (TPSA) is 58.6 Å². The minimum absolute atomic E-state index is 0.0725. The maximum atomic E-state index is 12.0. The number of allylic oxidation sites excluding steroid dienone is 1. The number of carbonyl (C=O) groups excluding carboxylic acids is 1. The molecular weight excluding hydrogens is 266 g/mol. The summed E-state index contributed by atoms with van der Waals surface area (Å²) >= 11 is 0. The van der Waals surface area contributed by atoms with Crippen LogP contribution >= 0.6 is 0 Å². The van der Waals surface area contributed by atoms with Crippen LogP contribution in [0.5, 0.6) is 5.75 Å². The van der Waals surface area contributed by atoms with Crippen molar-refractivity contribution in [2.45, 2.75) is 44.8 Å². The van der Waals surface area contributed by atoms with Crippen LogP contribution in [-0.4, -0.2) is 30.3 Å². The zero-order chi connectivity index (χ0) is 15.2. The second-order valence-electron chi connectivity index (χ2n) is 5.57. The van der Waals surface area contributed by atoms with Gasteiger partial charge in [-0.15, -0.1) is 0 Å². The molecule has 2 N–H and O–H groups in total. The Morgan fingerprint density at radius 3 is 2.71 bits per heavy atom. The van der Waals surface area contributed by atoms with Crippen LogP contribution in [0.3, 0.4) is 0 Å². The Hall–Kier alpha value is -1.81. The van der Waals surface area contributed by atoms with Crippen molar-refractivity contribution in [1.29, 1.82) is 0 Å². The van der Waals surface area contributed by atoms with Gasteiger partial charge < -0.3 is 15.2 Å². The molecule has 1 amide bonds. The SMILES string of the molecule is COc1cccc(/C(C)=C/C(=O)NC2CCC(O)CC2)c1. The zero-order valence-corrected chi connectivity index (χ0v) is 12.6. The summed E-state index contributed by atoms with van der Waals surface area (Å²) in [6, 6.07) is 7.83. The molecule has 21 heavy (non-hydrogen) atoms. The van der Waals surface area contributed by atoms with Gasteiger partial charge in [-0.3, -0.25) is 4.79 Å². The molecule has 114 valence electrons. The van der Waals surface area contributed by atoms with E-state index in [1.165, 1.54) is 0 Å². The smallest absolute Gasteiger partial charge is 0.244 e. The van der Waals surface area contributed by atoms with E-state index in [9.17, 15) is 9.90 Å². The number of aliphatic hydroxyl groups is 1. The number of aliphatic hydroxyl groups excluding tert-OH is 1. The summed E-state index contributed by atoms with van der Waals surface area (Å²) in [5, 5.41) is 12.5. The molecule has 0 bridgehead atoms. The molecule has 2 rings (SSSR count). The van der Waals surface area contributed by atoms with Gasteiger partial charge in [0.1, 0.15) is 5.75 Å². The number of amides is 1. The van der Waals surface area contributed by atoms with E-state index in [0.29, 0.717) is 0 Å². The van der Waals surface area contributed by atoms with Crippen molar-refractivity contribution in [2.24, 2.45) is 0 Å². The predicted octanol–water partition coefficient (Wildman–Crippen LogP) is 2.52. The molecule has 4 heteroatoms. The highest BCUT2D eigenvalue weighted by atomic mass is 16.5. The van der Waals surface area contributed by atoms with Gasteiger partial charge in [0.15, 0.2) is 0 Å². The summed E-state index contributed by atoms with van der Waals surface area (Å²) < 4.78 is 5.19. The van der Waals surface area contributed by atoms with Crippen LogP contribution < -0.4 is 10.1 Å². The molecule has 0 aliphatic heterocycles. The fourth-order valence-electron chi connectivity index (χ4n) is 2.61. The van der Waals surface area contributed by atoms with E-state index in [1.54, 1.807) is 13.2 Å². The lowest BCUT2D eigenvalue weighted by Gasteiger charge is -2.25. The predicted molar refractivity (Wildman–Crippen MR) is 83.1 cm³/mol. The normalized spacial score (nSPS) is 22.7. The number of methoxy groups -OCH3 is 1. The third-order valence-corrected chi connectivity index (χ3v) is 3.92. The third-order valence-electron chi connectivity index (χ3n) is 3.92. The standard InChI is InChI=1S/C17H23NO3/c1-12(13-4-3-5-16(11-13)21-2)10-17(20)18-14-6-8-15(19)9-7-14/h3-5,10-11,14-15,19H,6-9H2,1-2H3,(H,18,20)/b12-10+. The maximum Gasteiger partial charge on any atom is 0.244 e. The first kappa shape index (κ1) is 15.6. The number of ether oxygens (including phenoxy) is 1. The van der Waals surface area contributed by atoms with Gasteiger partial charge in [0.2, 0.25) is 5.91 Å². The molecule has 0 heterocycles. The van der Waals surface area contributed by atoms with Crippen molar-refractivity contribution < 1.29 is 14.6 Å². The minimum Gasteiger partial charge on any atom is -0.497 e. The molecule has 4 nitrogen and oxygen atoms in total. The molecule has 0 spiro atoms. The van der Waals surface area contributed by atoms with Crippen LogP contribution in [0.1, 0.15) is 38.2 Å². The number of nitrogens with one attached hydrogen (secondary N) is 1. The molecule has 0 aromatic heterocycles. The summed E-state index contributed by atoms with van der Waals surface area (Å²) in [5.41, 5.74) is 1.88. The molecule has 1 aromatic rings. The largest absolute Gasteiger partial charge is 0.497 e. The van der Waals surface area contributed by atoms with Crippen molar-refractivity contribution in [3.8, 4) is 5.75 Å². The van der Waals surface area contributed by atoms with E-state index in [0.717, 1.165) is 42.6 Å². The van der Waals surface area contributed by atoms with E-state index in [2.05, 4.69) is 5.32 Å². The molecular formula is C17H23NO3. The summed E-state index contributed by atoms with van der Waals surface area (Å²) in [4.78, 5) is 12.0. The number of rotatable bonds is 4. The lowest BCUT2D eigenvalue weighted by Crippen LogP contribution is -2.37. The van der Waals surface area contributed by atoms with Crippen molar-refractivity contribution in [3.05, 3.63) is 35.9 Å². The first-order valence-electron chi connectivity index (χ1n) is 7.40. The van der Waals surface area contributed by atoms with E-state index >= 15 is 0 Å². The Morgan fingerprint density at radius 1 is 1.33 bits per heavy atom. The van der Waals surface area contributed by atoms with Gasteiger partial charge in [-0.1, -0.05) is 12.1 Å². The van der Waals surface area contributed by atoms with Crippen LogP contribution in [0.2, 0.25) is 0 Å². The van der Waals surface area contributed by atoms with Crippen molar-refractivity contribution in [1.82, 2.24) is 5.32 Å². The summed E-state index contributed by atoms with van der Waals surface area (Å²) in [5.74, 6) is 0.707. The van der Waals surface area contributed by atoms with Crippen LogP contribution in [0.25, 0.3) is 5.57 Å². The van der Waals surface area contributed by atoms with Gasteiger partial charge in [0.25, 0.3) is 0 Å². The van der Waals surface area contributed by atoms with E-state index in [-0.39, 0.29) is 18.1 Å². The number of benzene rings is 1.